The summed E-state index contributed by atoms with van der Waals surface area (Å²) >= 11 is 0. The largest absolute Gasteiger partial charge is 0.368 e. The van der Waals surface area contributed by atoms with E-state index in [0.29, 0.717) is 24.5 Å². The van der Waals surface area contributed by atoms with Crippen molar-refractivity contribution in [3.63, 3.8) is 0 Å². The van der Waals surface area contributed by atoms with E-state index in [-0.39, 0.29) is 11.7 Å². The van der Waals surface area contributed by atoms with Gasteiger partial charge in [0.15, 0.2) is 0 Å². The maximum atomic E-state index is 13.3. The second kappa shape index (κ2) is 7.70. The van der Waals surface area contributed by atoms with Crippen molar-refractivity contribution in [1.82, 2.24) is 14.7 Å². The number of anilines is 1. The quantitative estimate of drug-likeness (QED) is 0.679. The lowest BCUT2D eigenvalue weighted by Gasteiger charge is -2.36. The lowest BCUT2D eigenvalue weighted by molar-refractivity contribution is 0.0737. The molecule has 0 aliphatic carbocycles. The van der Waals surface area contributed by atoms with Crippen molar-refractivity contribution in [1.29, 1.82) is 0 Å². The van der Waals surface area contributed by atoms with Crippen LogP contribution in [0.3, 0.4) is 0 Å². The monoisotopic (exact) mass is 392 g/mol. The van der Waals surface area contributed by atoms with Gasteiger partial charge >= 0.3 is 0 Å². The average Bonchev–Trinajstić information content (AvgIpc) is 3.10. The lowest BCUT2D eigenvalue weighted by atomic mass is 10.1. The van der Waals surface area contributed by atoms with Crippen LogP contribution in [0.1, 0.15) is 27.3 Å². The number of nitrogens with zero attached hydrogens (tertiary/aromatic N) is 4. The van der Waals surface area contributed by atoms with Crippen molar-refractivity contribution in [3.05, 3.63) is 76.9 Å². The summed E-state index contributed by atoms with van der Waals surface area (Å²) in [6.07, 6.45) is 0. The topological polar surface area (TPSA) is 41.4 Å². The van der Waals surface area contributed by atoms with E-state index in [0.717, 1.165) is 18.8 Å². The highest BCUT2D eigenvalue weighted by Gasteiger charge is 2.26. The van der Waals surface area contributed by atoms with Crippen molar-refractivity contribution < 1.29 is 9.18 Å². The summed E-state index contributed by atoms with van der Waals surface area (Å²) in [4.78, 5) is 17.4. The van der Waals surface area contributed by atoms with Crippen LogP contribution in [0, 0.1) is 26.6 Å². The molecule has 0 atom stereocenters. The van der Waals surface area contributed by atoms with Gasteiger partial charge in [0.05, 0.1) is 11.4 Å². The molecule has 0 bridgehead atoms. The Morgan fingerprint density at radius 2 is 1.62 bits per heavy atom. The molecule has 1 saturated heterocycles. The van der Waals surface area contributed by atoms with Gasteiger partial charge < -0.3 is 9.80 Å². The summed E-state index contributed by atoms with van der Waals surface area (Å²) in [6, 6.07) is 14.3. The van der Waals surface area contributed by atoms with Crippen LogP contribution >= 0.6 is 0 Å². The number of carbonyl (C=O) groups excluding carboxylic acids is 1. The lowest BCUT2D eigenvalue weighted by Crippen LogP contribution is -2.49. The number of hydrogen-bond acceptors (Lipinski definition) is 3. The number of aryl methyl sites for hydroxylation is 3. The molecule has 29 heavy (non-hydrogen) atoms. The van der Waals surface area contributed by atoms with E-state index in [1.54, 1.807) is 22.9 Å². The van der Waals surface area contributed by atoms with Gasteiger partial charge in [0.1, 0.15) is 11.5 Å². The highest BCUT2D eigenvalue weighted by atomic mass is 19.1. The Kier molecular flexibility index (Phi) is 5.09. The minimum absolute atomic E-state index is 0.0461. The van der Waals surface area contributed by atoms with Gasteiger partial charge in [-0.15, -0.1) is 0 Å². The van der Waals surface area contributed by atoms with E-state index in [2.05, 4.69) is 42.0 Å². The molecule has 0 N–H and O–H groups in total. The first kappa shape index (κ1) is 19.2. The number of aromatic nitrogens is 2. The predicted octanol–water partition coefficient (Wildman–Crippen LogP) is 3.90. The molecule has 5 nitrogen and oxygen atoms in total. The highest BCUT2D eigenvalue weighted by molar-refractivity contribution is 5.93. The maximum Gasteiger partial charge on any atom is 0.272 e. The molecule has 150 valence electrons. The Hall–Kier alpha value is -3.15. The molecule has 6 heteroatoms. The summed E-state index contributed by atoms with van der Waals surface area (Å²) in [5.74, 6) is -0.358. The molecule has 0 radical (unpaired) electrons. The van der Waals surface area contributed by atoms with Crippen molar-refractivity contribution in [2.75, 3.05) is 31.1 Å². The van der Waals surface area contributed by atoms with E-state index < -0.39 is 0 Å². The van der Waals surface area contributed by atoms with Crippen molar-refractivity contribution in [2.45, 2.75) is 20.8 Å². The number of hydrogen-bond donors (Lipinski definition) is 0. The van der Waals surface area contributed by atoms with Crippen molar-refractivity contribution in [2.24, 2.45) is 0 Å². The molecule has 1 aliphatic heterocycles. The van der Waals surface area contributed by atoms with E-state index >= 15 is 0 Å². The molecule has 0 unspecified atom stereocenters. The first-order valence-corrected chi connectivity index (χ1v) is 9.86. The third-order valence-corrected chi connectivity index (χ3v) is 5.38. The van der Waals surface area contributed by atoms with Crippen LogP contribution < -0.4 is 4.90 Å². The number of carbonyl (C=O) groups is 1. The standard InChI is InChI=1S/C23H25FN4O/c1-16-4-9-21(17(2)14-16)26-10-12-27(13-11-26)23(29)22-15-18(3)25-28(22)20-7-5-19(24)6-8-20/h4-9,14-15H,10-13H2,1-3H3. The fourth-order valence-electron chi connectivity index (χ4n) is 3.90. The molecule has 1 aromatic heterocycles. The first-order chi connectivity index (χ1) is 13.9. The zero-order chi connectivity index (χ0) is 20.5. The molecule has 1 aliphatic rings. The fraction of sp³-hybridized carbons (Fsp3) is 0.304. The second-order valence-electron chi connectivity index (χ2n) is 7.63. The molecule has 3 aromatic rings. The number of rotatable bonds is 3. The summed E-state index contributed by atoms with van der Waals surface area (Å²) in [5.41, 5.74) is 5.69. The van der Waals surface area contributed by atoms with Gasteiger partial charge in [-0.3, -0.25) is 4.79 Å². The summed E-state index contributed by atoms with van der Waals surface area (Å²) in [6.45, 7) is 8.97. The van der Waals surface area contributed by atoms with Crippen LogP contribution in [0.2, 0.25) is 0 Å². The van der Waals surface area contributed by atoms with E-state index in [9.17, 15) is 9.18 Å². The minimum atomic E-state index is -0.312. The molecule has 0 spiro atoms. The molecule has 1 amide bonds. The van der Waals surface area contributed by atoms with Crippen LogP contribution in [-0.2, 0) is 0 Å². The Balaban J connectivity index is 1.51. The second-order valence-corrected chi connectivity index (χ2v) is 7.63. The van der Waals surface area contributed by atoms with E-state index in [4.69, 9.17) is 0 Å². The van der Waals surface area contributed by atoms with E-state index in [1.807, 2.05) is 11.8 Å². The van der Waals surface area contributed by atoms with Crippen molar-refractivity contribution in [3.8, 4) is 5.69 Å². The molecular weight excluding hydrogens is 367 g/mol. The Labute approximate surface area is 170 Å². The van der Waals surface area contributed by atoms with Crippen molar-refractivity contribution >= 4 is 11.6 Å². The molecule has 0 saturated carbocycles. The van der Waals surface area contributed by atoms with Crippen LogP contribution in [0.4, 0.5) is 10.1 Å². The van der Waals surface area contributed by atoms with Gasteiger partial charge in [0.2, 0.25) is 0 Å². The van der Waals surface area contributed by atoms with Gasteiger partial charge in [-0.1, -0.05) is 17.7 Å². The smallest absolute Gasteiger partial charge is 0.272 e. The zero-order valence-corrected chi connectivity index (χ0v) is 17.0. The molecular formula is C23H25FN4O. The first-order valence-electron chi connectivity index (χ1n) is 9.86. The Morgan fingerprint density at radius 1 is 0.931 bits per heavy atom. The van der Waals surface area contributed by atoms with E-state index in [1.165, 1.54) is 28.9 Å². The number of piperazine rings is 1. The van der Waals surface area contributed by atoms with Gasteiger partial charge in [0, 0.05) is 31.9 Å². The summed E-state index contributed by atoms with van der Waals surface area (Å²) < 4.78 is 14.9. The van der Waals surface area contributed by atoms with Gasteiger partial charge in [-0.25, -0.2) is 9.07 Å². The van der Waals surface area contributed by atoms with Crippen LogP contribution in [0.25, 0.3) is 5.69 Å². The Bertz CT molecular complexity index is 1030. The van der Waals surface area contributed by atoms with Crippen LogP contribution in [0.15, 0.2) is 48.5 Å². The average molecular weight is 392 g/mol. The summed E-state index contributed by atoms with van der Waals surface area (Å²) in [7, 11) is 0. The SMILES string of the molecule is Cc1ccc(N2CCN(C(=O)c3cc(C)nn3-c3ccc(F)cc3)CC2)c(C)c1. The molecule has 2 heterocycles. The molecule has 2 aromatic carbocycles. The number of halogens is 1. The summed E-state index contributed by atoms with van der Waals surface area (Å²) in [5, 5.41) is 4.45. The third kappa shape index (κ3) is 3.88. The highest BCUT2D eigenvalue weighted by Crippen LogP contribution is 2.23. The van der Waals surface area contributed by atoms with Gasteiger partial charge in [0.25, 0.3) is 5.91 Å². The van der Waals surface area contributed by atoms with Crippen LogP contribution in [0.5, 0.6) is 0 Å². The van der Waals surface area contributed by atoms with Gasteiger partial charge in [-0.05, 0) is 62.7 Å². The van der Waals surface area contributed by atoms with Crippen LogP contribution in [-0.4, -0.2) is 46.8 Å². The fourth-order valence-corrected chi connectivity index (χ4v) is 3.90. The zero-order valence-electron chi connectivity index (χ0n) is 17.0. The normalized spacial score (nSPS) is 14.3. The molecule has 4 rings (SSSR count). The maximum absolute atomic E-state index is 13.3. The number of benzene rings is 2. The number of amides is 1. The minimum Gasteiger partial charge on any atom is -0.368 e. The predicted molar refractivity (Wildman–Crippen MR) is 112 cm³/mol. The third-order valence-electron chi connectivity index (χ3n) is 5.38. The molecule has 1 fully saturated rings. The van der Waals surface area contributed by atoms with Gasteiger partial charge in [-0.2, -0.15) is 5.10 Å². The Morgan fingerprint density at radius 3 is 2.28 bits per heavy atom.